The molecule has 0 aliphatic heterocycles. The fourth-order valence-corrected chi connectivity index (χ4v) is 1.86. The van der Waals surface area contributed by atoms with Gasteiger partial charge in [0.25, 0.3) is 0 Å². The van der Waals surface area contributed by atoms with E-state index in [4.69, 9.17) is 28.3 Å². The molecule has 0 saturated heterocycles. The molecule has 0 aliphatic carbocycles. The molecular weight excluding hydrogens is 303 g/mol. The zero-order valence-electron chi connectivity index (χ0n) is 11.2. The minimum Gasteiger partial charge on any atom is -0.481 e. The Morgan fingerprint density at radius 1 is 1.30 bits per heavy atom. The largest absolute Gasteiger partial charge is 0.481 e. The third-order valence-electron chi connectivity index (χ3n) is 2.78. The first-order chi connectivity index (χ1) is 9.31. The Labute approximate surface area is 127 Å². The van der Waals surface area contributed by atoms with E-state index < -0.39 is 17.9 Å². The molecule has 110 valence electrons. The van der Waals surface area contributed by atoms with Crippen LogP contribution in [-0.4, -0.2) is 23.7 Å². The van der Waals surface area contributed by atoms with Crippen LogP contribution in [-0.2, 0) is 4.79 Å². The maximum atomic E-state index is 11.6. The summed E-state index contributed by atoms with van der Waals surface area (Å²) in [4.78, 5) is 22.3. The molecule has 1 rings (SSSR count). The number of carbonyl (C=O) groups excluding carboxylic acids is 1. The maximum Gasteiger partial charge on any atom is 0.319 e. The van der Waals surface area contributed by atoms with Crippen molar-refractivity contribution in [1.82, 2.24) is 5.32 Å². The number of urea groups is 1. The van der Waals surface area contributed by atoms with Gasteiger partial charge in [-0.05, 0) is 31.0 Å². The third kappa shape index (κ3) is 4.90. The number of aryl methyl sites for hydroxylation is 1. The first-order valence-electron chi connectivity index (χ1n) is 6.04. The first kappa shape index (κ1) is 16.6. The van der Waals surface area contributed by atoms with E-state index in [-0.39, 0.29) is 6.54 Å². The van der Waals surface area contributed by atoms with E-state index in [1.165, 1.54) is 0 Å². The van der Waals surface area contributed by atoms with Gasteiger partial charge in [0.1, 0.15) is 0 Å². The number of nitrogens with one attached hydrogen (secondary N) is 2. The number of benzene rings is 1. The molecule has 0 saturated carbocycles. The van der Waals surface area contributed by atoms with Crippen molar-refractivity contribution in [3.63, 3.8) is 0 Å². The summed E-state index contributed by atoms with van der Waals surface area (Å²) in [5.41, 5.74) is 1.23. The van der Waals surface area contributed by atoms with Crippen LogP contribution in [0.25, 0.3) is 0 Å². The number of rotatable bonds is 5. The van der Waals surface area contributed by atoms with Gasteiger partial charge in [-0.3, -0.25) is 4.79 Å². The summed E-state index contributed by atoms with van der Waals surface area (Å²) in [6.45, 7) is 3.65. The first-order valence-corrected chi connectivity index (χ1v) is 6.80. The molecule has 0 spiro atoms. The molecule has 5 nitrogen and oxygen atoms in total. The van der Waals surface area contributed by atoms with Gasteiger partial charge in [0.2, 0.25) is 0 Å². The van der Waals surface area contributed by atoms with Gasteiger partial charge < -0.3 is 15.7 Å². The number of carboxylic acids is 1. The zero-order chi connectivity index (χ0) is 15.3. The highest BCUT2D eigenvalue weighted by molar-refractivity contribution is 6.36. The lowest BCUT2D eigenvalue weighted by Crippen LogP contribution is -2.31. The Hall–Kier alpha value is -1.46. The molecule has 1 aromatic carbocycles. The van der Waals surface area contributed by atoms with E-state index in [0.717, 1.165) is 5.56 Å². The number of hydrogen-bond acceptors (Lipinski definition) is 2. The summed E-state index contributed by atoms with van der Waals surface area (Å²) in [5, 5.41) is 14.7. The predicted molar refractivity (Wildman–Crippen MR) is 79.6 cm³/mol. The second-order valence-corrected chi connectivity index (χ2v) is 5.30. The van der Waals surface area contributed by atoms with E-state index in [1.54, 1.807) is 19.1 Å². The van der Waals surface area contributed by atoms with Crippen molar-refractivity contribution < 1.29 is 14.7 Å². The Balaban J connectivity index is 2.51. The van der Waals surface area contributed by atoms with Crippen LogP contribution in [0.4, 0.5) is 10.5 Å². The molecule has 0 heterocycles. The average Bonchev–Trinajstić information content (AvgIpc) is 2.35. The lowest BCUT2D eigenvalue weighted by Gasteiger charge is -2.11. The lowest BCUT2D eigenvalue weighted by molar-refractivity contribution is -0.141. The van der Waals surface area contributed by atoms with E-state index in [2.05, 4.69) is 10.6 Å². The third-order valence-corrected chi connectivity index (χ3v) is 3.50. The summed E-state index contributed by atoms with van der Waals surface area (Å²) < 4.78 is 0. The molecule has 0 aliphatic rings. The molecule has 3 N–H and O–H groups in total. The Kier molecular flexibility index (Phi) is 6.10. The SMILES string of the molecule is Cc1cc(Cl)c(NC(=O)NCCC(C)C(=O)O)cc1Cl. The number of anilines is 1. The Morgan fingerprint density at radius 3 is 2.55 bits per heavy atom. The number of carboxylic acid groups (broad SMARTS) is 1. The van der Waals surface area contributed by atoms with E-state index in [9.17, 15) is 9.59 Å². The van der Waals surface area contributed by atoms with Gasteiger partial charge in [0.15, 0.2) is 0 Å². The highest BCUT2D eigenvalue weighted by Gasteiger charge is 2.12. The van der Waals surface area contributed by atoms with Crippen molar-refractivity contribution >= 4 is 40.9 Å². The van der Waals surface area contributed by atoms with Crippen LogP contribution in [0.2, 0.25) is 10.0 Å². The number of aliphatic carboxylic acids is 1. The summed E-state index contributed by atoms with van der Waals surface area (Å²) in [6, 6.07) is 2.77. The number of hydrogen-bond donors (Lipinski definition) is 3. The molecule has 1 aromatic rings. The quantitative estimate of drug-likeness (QED) is 0.777. The van der Waals surface area contributed by atoms with Gasteiger partial charge in [0, 0.05) is 11.6 Å². The molecule has 1 unspecified atom stereocenters. The van der Waals surface area contributed by atoms with Crippen molar-refractivity contribution in [2.45, 2.75) is 20.3 Å². The number of amides is 2. The Morgan fingerprint density at radius 2 is 1.95 bits per heavy atom. The van der Waals surface area contributed by atoms with Crippen molar-refractivity contribution in [1.29, 1.82) is 0 Å². The monoisotopic (exact) mass is 318 g/mol. The molecule has 0 fully saturated rings. The minimum absolute atomic E-state index is 0.260. The van der Waals surface area contributed by atoms with E-state index in [0.29, 0.717) is 22.2 Å². The standard InChI is InChI=1S/C13H16Cl2N2O3/c1-7(12(18)19)3-4-16-13(20)17-11-6-9(14)8(2)5-10(11)15/h5-7H,3-4H2,1-2H3,(H,18,19)(H2,16,17,20). The van der Waals surface area contributed by atoms with Crippen LogP contribution >= 0.6 is 23.2 Å². The fourth-order valence-electron chi connectivity index (χ4n) is 1.43. The summed E-state index contributed by atoms with van der Waals surface area (Å²) >= 11 is 11.9. The van der Waals surface area contributed by atoms with Crippen LogP contribution < -0.4 is 10.6 Å². The summed E-state index contributed by atoms with van der Waals surface area (Å²) in [7, 11) is 0. The van der Waals surface area contributed by atoms with Gasteiger partial charge in [-0.25, -0.2) is 4.79 Å². The summed E-state index contributed by atoms with van der Waals surface area (Å²) in [6.07, 6.45) is 0.352. The molecule has 0 radical (unpaired) electrons. The molecule has 0 aromatic heterocycles. The smallest absolute Gasteiger partial charge is 0.319 e. The molecule has 2 amide bonds. The van der Waals surface area contributed by atoms with E-state index in [1.807, 2.05) is 6.92 Å². The summed E-state index contributed by atoms with van der Waals surface area (Å²) in [5.74, 6) is -1.40. The molecule has 0 bridgehead atoms. The highest BCUT2D eigenvalue weighted by atomic mass is 35.5. The van der Waals surface area contributed by atoms with Gasteiger partial charge in [0.05, 0.1) is 16.6 Å². The number of carbonyl (C=O) groups is 2. The Bertz CT molecular complexity index is 521. The van der Waals surface area contributed by atoms with Crippen molar-refractivity contribution in [3.05, 3.63) is 27.7 Å². The van der Waals surface area contributed by atoms with Crippen LogP contribution in [0.5, 0.6) is 0 Å². The molecular formula is C13H16Cl2N2O3. The minimum atomic E-state index is -0.888. The van der Waals surface area contributed by atoms with Crippen LogP contribution in [0, 0.1) is 12.8 Å². The predicted octanol–water partition coefficient (Wildman–Crippen LogP) is 3.53. The molecule has 7 heteroatoms. The van der Waals surface area contributed by atoms with Crippen LogP contribution in [0.15, 0.2) is 12.1 Å². The average molecular weight is 319 g/mol. The second-order valence-electron chi connectivity index (χ2n) is 4.49. The van der Waals surface area contributed by atoms with Gasteiger partial charge in [-0.1, -0.05) is 30.1 Å². The van der Waals surface area contributed by atoms with Gasteiger partial charge in [-0.2, -0.15) is 0 Å². The lowest BCUT2D eigenvalue weighted by atomic mass is 10.1. The van der Waals surface area contributed by atoms with Crippen molar-refractivity contribution in [2.24, 2.45) is 5.92 Å². The maximum absolute atomic E-state index is 11.6. The highest BCUT2D eigenvalue weighted by Crippen LogP contribution is 2.28. The zero-order valence-corrected chi connectivity index (χ0v) is 12.7. The van der Waals surface area contributed by atoms with Gasteiger partial charge in [-0.15, -0.1) is 0 Å². The van der Waals surface area contributed by atoms with Crippen molar-refractivity contribution in [3.8, 4) is 0 Å². The van der Waals surface area contributed by atoms with E-state index >= 15 is 0 Å². The fraction of sp³-hybridized carbons (Fsp3) is 0.385. The van der Waals surface area contributed by atoms with Crippen molar-refractivity contribution in [2.75, 3.05) is 11.9 Å². The molecule has 1 atom stereocenters. The van der Waals surface area contributed by atoms with Gasteiger partial charge >= 0.3 is 12.0 Å². The second kappa shape index (κ2) is 7.36. The molecule has 20 heavy (non-hydrogen) atoms. The topological polar surface area (TPSA) is 78.4 Å². The number of halogens is 2. The van der Waals surface area contributed by atoms with Crippen LogP contribution in [0.1, 0.15) is 18.9 Å². The normalized spacial score (nSPS) is 11.8. The van der Waals surface area contributed by atoms with Crippen LogP contribution in [0.3, 0.4) is 0 Å².